The molecule has 16 heavy (non-hydrogen) atoms. The fourth-order valence-corrected chi connectivity index (χ4v) is 1.47. The summed E-state index contributed by atoms with van der Waals surface area (Å²) in [4.78, 5) is 0. The van der Waals surface area contributed by atoms with E-state index in [1.807, 2.05) is 0 Å². The Bertz CT molecular complexity index is 373. The molecule has 0 radical (unpaired) electrons. The Morgan fingerprint density at radius 1 is 1.12 bits per heavy atom. The number of hydrogen-bond donors (Lipinski definition) is 2. The van der Waals surface area contributed by atoms with Crippen LogP contribution in [0.25, 0.3) is 0 Å². The van der Waals surface area contributed by atoms with Gasteiger partial charge in [0.2, 0.25) is 0 Å². The van der Waals surface area contributed by atoms with Crippen LogP contribution < -0.4 is 0 Å². The predicted molar refractivity (Wildman–Crippen MR) is 52.6 cm³/mol. The molecule has 0 bridgehead atoms. The van der Waals surface area contributed by atoms with Crippen LogP contribution in [-0.4, -0.2) is 22.2 Å². The van der Waals surface area contributed by atoms with E-state index in [0.717, 1.165) is 6.07 Å². The maximum atomic E-state index is 13.2. The highest BCUT2D eigenvalue weighted by atomic mass is 35.5. The van der Waals surface area contributed by atoms with E-state index in [9.17, 15) is 23.4 Å². The molecule has 1 aromatic carbocycles. The van der Waals surface area contributed by atoms with E-state index >= 15 is 0 Å². The number of halogens is 4. The minimum Gasteiger partial charge on any atom is -0.390 e. The molecular formula is C10H10ClF3O2. The first kappa shape index (κ1) is 13.3. The predicted octanol–water partition coefficient (Wildman–Crippen LogP) is 2.13. The summed E-state index contributed by atoms with van der Waals surface area (Å²) in [5.74, 6) is -4.46. The second kappa shape index (κ2) is 5.52. The Labute approximate surface area is 95.3 Å². The van der Waals surface area contributed by atoms with E-state index in [2.05, 4.69) is 0 Å². The molecule has 90 valence electrons. The van der Waals surface area contributed by atoms with E-state index in [1.165, 1.54) is 0 Å². The van der Waals surface area contributed by atoms with Crippen LogP contribution in [0.1, 0.15) is 18.1 Å². The summed E-state index contributed by atoms with van der Waals surface area (Å²) in [7, 11) is 0. The topological polar surface area (TPSA) is 40.5 Å². The number of aliphatic hydroxyl groups is 2. The molecule has 0 fully saturated rings. The van der Waals surface area contributed by atoms with Gasteiger partial charge in [-0.15, -0.1) is 11.6 Å². The SMILES string of the molecule is OC(CCCl)C(O)c1ccc(F)c(F)c1F. The molecule has 0 aliphatic heterocycles. The molecule has 0 heterocycles. The average molecular weight is 255 g/mol. The van der Waals surface area contributed by atoms with Crippen LogP contribution in [0.15, 0.2) is 12.1 Å². The third-order valence-electron chi connectivity index (χ3n) is 2.15. The van der Waals surface area contributed by atoms with E-state index < -0.39 is 35.2 Å². The molecule has 1 rings (SSSR count). The summed E-state index contributed by atoms with van der Waals surface area (Å²) in [5, 5.41) is 18.8. The van der Waals surface area contributed by atoms with Gasteiger partial charge >= 0.3 is 0 Å². The normalized spacial score (nSPS) is 14.9. The first-order valence-electron chi connectivity index (χ1n) is 4.54. The molecule has 0 aromatic heterocycles. The number of benzene rings is 1. The molecule has 0 saturated heterocycles. The van der Waals surface area contributed by atoms with Crippen LogP contribution in [0.2, 0.25) is 0 Å². The van der Waals surface area contributed by atoms with Gasteiger partial charge in [0.1, 0.15) is 6.10 Å². The molecule has 2 N–H and O–H groups in total. The van der Waals surface area contributed by atoms with Gasteiger partial charge in [0.25, 0.3) is 0 Å². The van der Waals surface area contributed by atoms with Gasteiger partial charge < -0.3 is 10.2 Å². The van der Waals surface area contributed by atoms with Crippen LogP contribution in [0.4, 0.5) is 13.2 Å². The zero-order chi connectivity index (χ0) is 12.3. The van der Waals surface area contributed by atoms with Gasteiger partial charge in [-0.25, -0.2) is 13.2 Å². The van der Waals surface area contributed by atoms with Crippen molar-refractivity contribution < 1.29 is 23.4 Å². The minimum absolute atomic E-state index is 0.0150. The second-order valence-corrected chi connectivity index (χ2v) is 3.63. The van der Waals surface area contributed by atoms with Gasteiger partial charge in [-0.1, -0.05) is 6.07 Å². The fourth-order valence-electron chi connectivity index (χ4n) is 1.25. The highest BCUT2D eigenvalue weighted by Gasteiger charge is 2.24. The van der Waals surface area contributed by atoms with Crippen LogP contribution in [0, 0.1) is 17.5 Å². The molecule has 1 aromatic rings. The molecule has 0 aliphatic rings. The van der Waals surface area contributed by atoms with Crippen molar-refractivity contribution >= 4 is 11.6 Å². The summed E-state index contributed by atoms with van der Waals surface area (Å²) in [5.41, 5.74) is -0.489. The number of alkyl halides is 1. The van der Waals surface area contributed by atoms with Crippen molar-refractivity contribution in [2.45, 2.75) is 18.6 Å². The molecule has 0 aliphatic carbocycles. The van der Waals surface area contributed by atoms with Crippen molar-refractivity contribution in [2.75, 3.05) is 5.88 Å². The van der Waals surface area contributed by atoms with Crippen LogP contribution in [-0.2, 0) is 0 Å². The standard InChI is InChI=1S/C10H10ClF3O2/c11-4-3-7(15)10(16)5-1-2-6(12)9(14)8(5)13/h1-2,7,10,15-16H,3-4H2. The molecule has 0 amide bonds. The highest BCUT2D eigenvalue weighted by Crippen LogP contribution is 2.24. The molecule has 2 unspecified atom stereocenters. The Balaban J connectivity index is 3.00. The van der Waals surface area contributed by atoms with Gasteiger partial charge in [-0.05, 0) is 12.5 Å². The Hall–Kier alpha value is -0.780. The third kappa shape index (κ3) is 2.66. The van der Waals surface area contributed by atoms with Crippen molar-refractivity contribution in [1.82, 2.24) is 0 Å². The van der Waals surface area contributed by atoms with Gasteiger partial charge in [0.15, 0.2) is 17.5 Å². The van der Waals surface area contributed by atoms with E-state index in [0.29, 0.717) is 6.07 Å². The Morgan fingerprint density at radius 3 is 2.31 bits per heavy atom. The molecule has 0 spiro atoms. The average Bonchev–Trinajstić information content (AvgIpc) is 2.26. The van der Waals surface area contributed by atoms with E-state index in [-0.39, 0.29) is 12.3 Å². The first-order valence-corrected chi connectivity index (χ1v) is 5.08. The third-order valence-corrected chi connectivity index (χ3v) is 2.37. The maximum Gasteiger partial charge on any atom is 0.194 e. The molecule has 0 saturated carbocycles. The summed E-state index contributed by atoms with van der Waals surface area (Å²) in [6.07, 6.45) is -2.94. The van der Waals surface area contributed by atoms with E-state index in [4.69, 9.17) is 11.6 Å². The Kier molecular flexibility index (Phi) is 4.58. The highest BCUT2D eigenvalue weighted by molar-refractivity contribution is 6.17. The lowest BCUT2D eigenvalue weighted by atomic mass is 10.0. The van der Waals surface area contributed by atoms with Crippen molar-refractivity contribution in [1.29, 1.82) is 0 Å². The van der Waals surface area contributed by atoms with Gasteiger partial charge in [0.05, 0.1) is 6.10 Å². The minimum atomic E-state index is -1.67. The second-order valence-electron chi connectivity index (χ2n) is 3.25. The van der Waals surface area contributed by atoms with Crippen molar-refractivity contribution in [3.05, 3.63) is 35.1 Å². The first-order chi connectivity index (χ1) is 7.49. The summed E-state index contributed by atoms with van der Waals surface area (Å²) in [6.45, 7) is 0. The van der Waals surface area contributed by atoms with Crippen LogP contribution in [0.3, 0.4) is 0 Å². The lowest BCUT2D eigenvalue weighted by Crippen LogP contribution is -2.20. The number of rotatable bonds is 4. The number of hydrogen-bond acceptors (Lipinski definition) is 2. The van der Waals surface area contributed by atoms with Gasteiger partial charge in [-0.2, -0.15) is 0 Å². The van der Waals surface area contributed by atoms with Crippen LogP contribution in [0.5, 0.6) is 0 Å². The summed E-state index contributed by atoms with van der Waals surface area (Å²) >= 11 is 5.33. The largest absolute Gasteiger partial charge is 0.390 e. The monoisotopic (exact) mass is 254 g/mol. The fraction of sp³-hybridized carbons (Fsp3) is 0.400. The van der Waals surface area contributed by atoms with Crippen LogP contribution >= 0.6 is 11.6 Å². The van der Waals surface area contributed by atoms with Gasteiger partial charge in [0, 0.05) is 11.4 Å². The molecule has 2 nitrogen and oxygen atoms in total. The maximum absolute atomic E-state index is 13.2. The summed E-state index contributed by atoms with van der Waals surface area (Å²) in [6, 6.07) is 1.57. The zero-order valence-corrected chi connectivity index (χ0v) is 8.89. The lowest BCUT2D eigenvalue weighted by molar-refractivity contribution is 0.0144. The number of aliphatic hydroxyl groups excluding tert-OH is 2. The molecular weight excluding hydrogens is 245 g/mol. The zero-order valence-electron chi connectivity index (χ0n) is 8.13. The van der Waals surface area contributed by atoms with Gasteiger partial charge in [-0.3, -0.25) is 0 Å². The summed E-state index contributed by atoms with van der Waals surface area (Å²) < 4.78 is 38.6. The molecule has 6 heteroatoms. The Morgan fingerprint density at radius 2 is 1.75 bits per heavy atom. The lowest BCUT2D eigenvalue weighted by Gasteiger charge is -2.17. The quantitative estimate of drug-likeness (QED) is 0.638. The van der Waals surface area contributed by atoms with Crippen molar-refractivity contribution in [2.24, 2.45) is 0 Å². The van der Waals surface area contributed by atoms with Crippen molar-refractivity contribution in [3.8, 4) is 0 Å². The van der Waals surface area contributed by atoms with Crippen molar-refractivity contribution in [3.63, 3.8) is 0 Å². The molecule has 2 atom stereocenters. The smallest absolute Gasteiger partial charge is 0.194 e. The van der Waals surface area contributed by atoms with E-state index in [1.54, 1.807) is 0 Å².